The molecule has 0 unspecified atom stereocenters. The van der Waals surface area contributed by atoms with E-state index in [1.54, 1.807) is 0 Å². The maximum atomic E-state index is 3.48. The Morgan fingerprint density at radius 3 is 2.79 bits per heavy atom. The van der Waals surface area contributed by atoms with Crippen molar-refractivity contribution in [3.63, 3.8) is 0 Å². The summed E-state index contributed by atoms with van der Waals surface area (Å²) in [5, 5.41) is 3.35. The molecule has 0 aliphatic heterocycles. The fourth-order valence-corrected chi connectivity index (χ4v) is 2.91. The lowest BCUT2D eigenvalue weighted by Gasteiger charge is -2.00. The molecule has 1 heterocycles. The predicted molar refractivity (Wildman–Crippen MR) is 68.1 cm³/mol. The number of aryl methyl sites for hydroxylation is 1. The standard InChI is InChI=1S/C11H18BrNS/c1-2-13-9-5-3-4-6-10-7-8-11(12)14-10/h7-8,13H,2-6,9H2,1H3. The molecule has 1 nitrogen and oxygen atoms in total. The van der Waals surface area contributed by atoms with Crippen molar-refractivity contribution in [3.8, 4) is 0 Å². The average molecular weight is 276 g/mol. The van der Waals surface area contributed by atoms with E-state index in [-0.39, 0.29) is 0 Å². The Labute approximate surface area is 99.0 Å². The molecule has 14 heavy (non-hydrogen) atoms. The van der Waals surface area contributed by atoms with E-state index in [1.165, 1.54) is 40.9 Å². The molecule has 0 aliphatic carbocycles. The van der Waals surface area contributed by atoms with Gasteiger partial charge in [-0.3, -0.25) is 0 Å². The topological polar surface area (TPSA) is 12.0 Å². The van der Waals surface area contributed by atoms with Crippen LogP contribution in [0.3, 0.4) is 0 Å². The summed E-state index contributed by atoms with van der Waals surface area (Å²) in [6.45, 7) is 4.42. The van der Waals surface area contributed by atoms with Gasteiger partial charge in [0.2, 0.25) is 0 Å². The molecular weight excluding hydrogens is 258 g/mol. The van der Waals surface area contributed by atoms with E-state index in [2.05, 4.69) is 40.3 Å². The molecular formula is C11H18BrNS. The van der Waals surface area contributed by atoms with Crippen LogP contribution in [-0.2, 0) is 6.42 Å². The Hall–Kier alpha value is 0.140. The normalized spacial score (nSPS) is 10.7. The highest BCUT2D eigenvalue weighted by atomic mass is 79.9. The average Bonchev–Trinajstić information content (AvgIpc) is 2.58. The zero-order valence-electron chi connectivity index (χ0n) is 8.68. The summed E-state index contributed by atoms with van der Waals surface area (Å²) < 4.78 is 1.25. The maximum absolute atomic E-state index is 3.48. The van der Waals surface area contributed by atoms with Crippen LogP contribution in [0, 0.1) is 0 Å². The first-order valence-corrected chi connectivity index (χ1v) is 6.89. The first-order chi connectivity index (χ1) is 6.83. The molecule has 0 saturated heterocycles. The number of unbranched alkanes of at least 4 members (excludes halogenated alkanes) is 2. The Bertz CT molecular complexity index is 247. The second-order valence-corrected chi connectivity index (χ2v) is 5.92. The summed E-state index contributed by atoms with van der Waals surface area (Å²) in [7, 11) is 0. The first-order valence-electron chi connectivity index (χ1n) is 5.28. The van der Waals surface area contributed by atoms with Crippen LogP contribution in [-0.4, -0.2) is 13.1 Å². The van der Waals surface area contributed by atoms with Gasteiger partial charge in [-0.05, 0) is 60.4 Å². The highest BCUT2D eigenvalue weighted by molar-refractivity contribution is 9.11. The molecule has 1 aromatic heterocycles. The fraction of sp³-hybridized carbons (Fsp3) is 0.636. The number of rotatable bonds is 7. The monoisotopic (exact) mass is 275 g/mol. The van der Waals surface area contributed by atoms with E-state index in [0.29, 0.717) is 0 Å². The van der Waals surface area contributed by atoms with Gasteiger partial charge >= 0.3 is 0 Å². The Morgan fingerprint density at radius 2 is 2.14 bits per heavy atom. The lowest BCUT2D eigenvalue weighted by molar-refractivity contribution is 0.618. The van der Waals surface area contributed by atoms with Crippen molar-refractivity contribution in [2.24, 2.45) is 0 Å². The minimum atomic E-state index is 1.10. The van der Waals surface area contributed by atoms with Crippen LogP contribution >= 0.6 is 27.3 Å². The van der Waals surface area contributed by atoms with Crippen molar-refractivity contribution in [2.45, 2.75) is 32.6 Å². The number of hydrogen-bond donors (Lipinski definition) is 1. The van der Waals surface area contributed by atoms with Gasteiger partial charge in [0.1, 0.15) is 0 Å². The number of hydrogen-bond acceptors (Lipinski definition) is 2. The second-order valence-electron chi connectivity index (χ2n) is 3.37. The Balaban J connectivity index is 1.99. The summed E-state index contributed by atoms with van der Waals surface area (Å²) in [6, 6.07) is 4.36. The molecule has 0 saturated carbocycles. The largest absolute Gasteiger partial charge is 0.317 e. The molecule has 0 spiro atoms. The van der Waals surface area contributed by atoms with E-state index in [0.717, 1.165) is 6.54 Å². The lowest BCUT2D eigenvalue weighted by atomic mass is 10.2. The molecule has 80 valence electrons. The van der Waals surface area contributed by atoms with E-state index >= 15 is 0 Å². The number of nitrogens with one attached hydrogen (secondary N) is 1. The van der Waals surface area contributed by atoms with Gasteiger partial charge in [0.25, 0.3) is 0 Å². The third-order valence-electron chi connectivity index (χ3n) is 2.16. The lowest BCUT2D eigenvalue weighted by Crippen LogP contribution is -2.13. The van der Waals surface area contributed by atoms with E-state index in [4.69, 9.17) is 0 Å². The van der Waals surface area contributed by atoms with Gasteiger partial charge in [0, 0.05) is 4.88 Å². The van der Waals surface area contributed by atoms with Crippen molar-refractivity contribution >= 4 is 27.3 Å². The van der Waals surface area contributed by atoms with Crippen LogP contribution < -0.4 is 5.32 Å². The predicted octanol–water partition coefficient (Wildman–Crippen LogP) is 3.83. The molecule has 1 rings (SSSR count). The Kier molecular flexibility index (Phi) is 6.48. The SMILES string of the molecule is CCNCCCCCc1ccc(Br)s1. The van der Waals surface area contributed by atoms with Crippen molar-refractivity contribution in [1.82, 2.24) is 5.32 Å². The summed E-state index contributed by atoms with van der Waals surface area (Å²) >= 11 is 5.34. The second kappa shape index (κ2) is 7.43. The van der Waals surface area contributed by atoms with Crippen LogP contribution in [0.1, 0.15) is 31.1 Å². The molecule has 0 fully saturated rings. The molecule has 1 N–H and O–H groups in total. The van der Waals surface area contributed by atoms with Crippen molar-refractivity contribution < 1.29 is 0 Å². The highest BCUT2D eigenvalue weighted by Crippen LogP contribution is 2.23. The minimum Gasteiger partial charge on any atom is -0.317 e. The number of thiophene rings is 1. The third kappa shape index (κ3) is 5.13. The highest BCUT2D eigenvalue weighted by Gasteiger charge is 1.97. The van der Waals surface area contributed by atoms with Gasteiger partial charge < -0.3 is 5.32 Å². The Morgan fingerprint density at radius 1 is 1.29 bits per heavy atom. The smallest absolute Gasteiger partial charge is 0.0701 e. The first kappa shape index (κ1) is 12.2. The van der Waals surface area contributed by atoms with Crippen molar-refractivity contribution in [3.05, 3.63) is 20.8 Å². The summed E-state index contributed by atoms with van der Waals surface area (Å²) in [5.41, 5.74) is 0. The van der Waals surface area contributed by atoms with Gasteiger partial charge in [-0.2, -0.15) is 0 Å². The zero-order valence-corrected chi connectivity index (χ0v) is 11.1. The van der Waals surface area contributed by atoms with Crippen molar-refractivity contribution in [1.29, 1.82) is 0 Å². The van der Waals surface area contributed by atoms with Crippen LogP contribution in [0.5, 0.6) is 0 Å². The molecule has 0 amide bonds. The van der Waals surface area contributed by atoms with Gasteiger partial charge in [-0.15, -0.1) is 11.3 Å². The quantitative estimate of drug-likeness (QED) is 0.746. The van der Waals surface area contributed by atoms with Gasteiger partial charge in [0.15, 0.2) is 0 Å². The van der Waals surface area contributed by atoms with Gasteiger partial charge in [0.05, 0.1) is 3.79 Å². The molecule has 0 bridgehead atoms. The number of halogens is 1. The van der Waals surface area contributed by atoms with Crippen LogP contribution in [0.25, 0.3) is 0 Å². The van der Waals surface area contributed by atoms with E-state index < -0.39 is 0 Å². The van der Waals surface area contributed by atoms with Crippen LogP contribution in [0.2, 0.25) is 0 Å². The molecule has 0 atom stereocenters. The third-order valence-corrected chi connectivity index (χ3v) is 3.84. The minimum absolute atomic E-state index is 1.10. The van der Waals surface area contributed by atoms with Crippen LogP contribution in [0.4, 0.5) is 0 Å². The molecule has 0 radical (unpaired) electrons. The van der Waals surface area contributed by atoms with Gasteiger partial charge in [-0.25, -0.2) is 0 Å². The summed E-state index contributed by atoms with van der Waals surface area (Å²) in [5.74, 6) is 0. The molecule has 3 heteroatoms. The zero-order chi connectivity index (χ0) is 10.2. The van der Waals surface area contributed by atoms with Crippen LogP contribution in [0.15, 0.2) is 15.9 Å². The molecule has 1 aromatic rings. The molecule has 0 aromatic carbocycles. The van der Waals surface area contributed by atoms with Crippen molar-refractivity contribution in [2.75, 3.05) is 13.1 Å². The summed E-state index contributed by atoms with van der Waals surface area (Å²) in [4.78, 5) is 1.50. The summed E-state index contributed by atoms with van der Waals surface area (Å²) in [6.07, 6.45) is 5.20. The van der Waals surface area contributed by atoms with E-state index in [9.17, 15) is 0 Å². The van der Waals surface area contributed by atoms with Gasteiger partial charge in [-0.1, -0.05) is 13.3 Å². The van der Waals surface area contributed by atoms with E-state index in [1.807, 2.05) is 11.3 Å². The fourth-order valence-electron chi connectivity index (χ4n) is 1.39. The molecule has 0 aliphatic rings. The maximum Gasteiger partial charge on any atom is 0.0701 e.